The van der Waals surface area contributed by atoms with Gasteiger partial charge in [-0.3, -0.25) is 33.9 Å². The third-order valence-electron chi connectivity index (χ3n) is 8.50. The van der Waals surface area contributed by atoms with Gasteiger partial charge in [-0.25, -0.2) is 9.97 Å². The van der Waals surface area contributed by atoms with Gasteiger partial charge in [-0.15, -0.1) is 0 Å². The smallest absolute Gasteiger partial charge is 0.276 e. The van der Waals surface area contributed by atoms with E-state index in [4.69, 9.17) is 11.5 Å². The summed E-state index contributed by atoms with van der Waals surface area (Å²) in [7, 11) is 0. The molecule has 0 atom stereocenters. The molecule has 0 fully saturated rings. The summed E-state index contributed by atoms with van der Waals surface area (Å²) in [5, 5.41) is 33.5. The first kappa shape index (κ1) is 35.1. The number of Topliss-reactive ketones (excluding diaryl/α,β-unsaturated/α-hetero) is 1. The van der Waals surface area contributed by atoms with Crippen molar-refractivity contribution >= 4 is 51.5 Å². The molecular formula is C35H37N11O6. The Hall–Kier alpha value is -6.78. The first-order valence-corrected chi connectivity index (χ1v) is 16.4. The van der Waals surface area contributed by atoms with Crippen molar-refractivity contribution in [3.05, 3.63) is 88.3 Å². The van der Waals surface area contributed by atoms with Crippen LogP contribution in [0.5, 0.6) is 11.5 Å². The molecule has 6 aromatic rings. The Morgan fingerprint density at radius 2 is 1.23 bits per heavy atom. The number of ketones is 1. The second-order valence-electron chi connectivity index (χ2n) is 12.1. The second-order valence-corrected chi connectivity index (χ2v) is 12.1. The van der Waals surface area contributed by atoms with Gasteiger partial charge in [0.1, 0.15) is 39.7 Å². The number of aromatic hydroxyl groups is 2. The summed E-state index contributed by atoms with van der Waals surface area (Å²) in [6, 6.07) is 8.69. The van der Waals surface area contributed by atoms with E-state index in [-0.39, 0.29) is 75.9 Å². The van der Waals surface area contributed by atoms with Gasteiger partial charge in [-0.05, 0) is 64.1 Å². The average Bonchev–Trinajstić information content (AvgIpc) is 3.85. The fraction of sp³-hybridized carbons (Fsp3) is 0.257. The summed E-state index contributed by atoms with van der Waals surface area (Å²) in [4.78, 5) is 59.9. The Kier molecular flexibility index (Phi) is 9.34. The number of aromatic nitrogens is 8. The number of nitrogens with two attached hydrogens (primary N) is 2. The first-order chi connectivity index (χ1) is 24.8. The quantitative estimate of drug-likeness (QED) is 0.0868. The van der Waals surface area contributed by atoms with Crippen LogP contribution in [0.1, 0.15) is 72.8 Å². The Morgan fingerprint density at radius 3 is 1.79 bits per heavy atom. The van der Waals surface area contributed by atoms with Crippen LogP contribution in [0.15, 0.2) is 48.6 Å². The molecule has 7 N–H and O–H groups in total. The number of nitrogens with zero attached hydrogens (tertiary/aromatic N) is 8. The van der Waals surface area contributed by atoms with Crippen molar-refractivity contribution in [1.82, 2.24) is 38.7 Å². The molecule has 0 aliphatic heterocycles. The topological polar surface area (TPSA) is 244 Å². The van der Waals surface area contributed by atoms with E-state index in [1.807, 2.05) is 13.8 Å². The van der Waals surface area contributed by atoms with Gasteiger partial charge in [0.25, 0.3) is 5.91 Å². The molecular weight excluding hydrogens is 670 g/mol. The normalized spacial score (nSPS) is 11.6. The van der Waals surface area contributed by atoms with Crippen LogP contribution < -0.4 is 16.8 Å². The van der Waals surface area contributed by atoms with Crippen LogP contribution in [0.2, 0.25) is 0 Å². The largest absolute Gasteiger partial charge is 0.506 e. The van der Waals surface area contributed by atoms with Crippen LogP contribution in [0, 0.1) is 13.8 Å². The van der Waals surface area contributed by atoms with Crippen molar-refractivity contribution in [3.63, 3.8) is 0 Å². The van der Waals surface area contributed by atoms with E-state index in [2.05, 4.69) is 25.5 Å². The molecule has 4 heterocycles. The summed E-state index contributed by atoms with van der Waals surface area (Å²) >= 11 is 0. The van der Waals surface area contributed by atoms with Gasteiger partial charge >= 0.3 is 0 Å². The number of hydrogen-bond acceptors (Lipinski definition) is 10. The summed E-state index contributed by atoms with van der Waals surface area (Å²) in [5.41, 5.74) is 14.1. The number of carbonyl (C=O) groups is 4. The van der Waals surface area contributed by atoms with Gasteiger partial charge in [-0.1, -0.05) is 12.2 Å². The Balaban J connectivity index is 1.36. The SMILES string of the molecule is CCn1nc(C)cc1C(=O)Cc1nc2cc(C(N)=O)cc(O)c2n1C/C=C/Cn1c(NC(=O)c2cc(C)nn2CC)nc2cc(C(N)=O)cc(O)c21. The maximum Gasteiger partial charge on any atom is 0.276 e. The molecule has 0 spiro atoms. The van der Waals surface area contributed by atoms with Crippen LogP contribution in [0.25, 0.3) is 22.1 Å². The number of rotatable bonds is 13. The van der Waals surface area contributed by atoms with Gasteiger partial charge in [-0.2, -0.15) is 10.2 Å². The number of carbonyl (C=O) groups excluding carboxylic acids is 4. The summed E-state index contributed by atoms with van der Waals surface area (Å²) in [6.45, 7) is 8.45. The van der Waals surface area contributed by atoms with E-state index in [1.165, 1.54) is 24.3 Å². The molecule has 0 unspecified atom stereocenters. The standard InChI is InChI=1S/C35H37N11O6/c1-5-45-24(11-18(3)41-45)26(47)17-29-38-22-13-20(32(36)50)15-27(48)30(22)43(29)9-7-8-10-44-31-23(14-21(33(37)51)16-28(31)49)39-35(44)40-34(52)25-12-19(4)42-46(25)6-2/h7-8,11-16,48-49H,5-6,9-10,17H2,1-4H3,(H2,36,50)(H2,37,51)(H,39,40,52)/b8-7+. The highest BCUT2D eigenvalue weighted by molar-refractivity contribution is 6.04. The number of primary amides is 2. The predicted octanol–water partition coefficient (Wildman–Crippen LogP) is 2.98. The van der Waals surface area contributed by atoms with E-state index >= 15 is 0 Å². The highest BCUT2D eigenvalue weighted by Crippen LogP contribution is 2.31. The lowest BCUT2D eigenvalue weighted by Crippen LogP contribution is -2.19. The number of imidazole rings is 2. The number of fused-ring (bicyclic) bond motifs is 2. The Labute approximate surface area is 296 Å². The molecule has 268 valence electrons. The molecule has 0 aliphatic rings. The zero-order valence-electron chi connectivity index (χ0n) is 28.9. The van der Waals surface area contributed by atoms with Gasteiger partial charge in [0, 0.05) is 37.3 Å². The number of anilines is 1. The molecule has 0 bridgehead atoms. The van der Waals surface area contributed by atoms with Gasteiger partial charge in [0.15, 0.2) is 5.78 Å². The zero-order valence-corrected chi connectivity index (χ0v) is 28.9. The molecule has 0 aliphatic carbocycles. The Bertz CT molecular complexity index is 2280. The van der Waals surface area contributed by atoms with Gasteiger partial charge in [0.2, 0.25) is 17.8 Å². The van der Waals surface area contributed by atoms with Crippen LogP contribution in [0.3, 0.4) is 0 Å². The summed E-state index contributed by atoms with van der Waals surface area (Å²) in [6.07, 6.45) is 3.35. The molecule has 3 amide bonds. The average molecular weight is 708 g/mol. The number of nitrogens with one attached hydrogen (secondary N) is 1. The third-order valence-corrected chi connectivity index (χ3v) is 8.50. The van der Waals surface area contributed by atoms with Crippen molar-refractivity contribution in [1.29, 1.82) is 0 Å². The Morgan fingerprint density at radius 1 is 0.731 bits per heavy atom. The number of benzene rings is 2. The van der Waals surface area contributed by atoms with E-state index in [0.29, 0.717) is 41.7 Å². The minimum Gasteiger partial charge on any atom is -0.506 e. The second kappa shape index (κ2) is 13.9. The minimum atomic E-state index is -0.762. The van der Waals surface area contributed by atoms with Crippen molar-refractivity contribution in [3.8, 4) is 11.5 Å². The van der Waals surface area contributed by atoms with E-state index in [1.54, 1.807) is 56.6 Å². The highest BCUT2D eigenvalue weighted by atomic mass is 16.3. The van der Waals surface area contributed by atoms with Crippen molar-refractivity contribution in [2.24, 2.45) is 11.5 Å². The number of aryl methyl sites for hydroxylation is 4. The number of amides is 3. The summed E-state index contributed by atoms with van der Waals surface area (Å²) < 4.78 is 6.38. The van der Waals surface area contributed by atoms with Crippen LogP contribution >= 0.6 is 0 Å². The highest BCUT2D eigenvalue weighted by Gasteiger charge is 2.23. The third kappa shape index (κ3) is 6.58. The fourth-order valence-electron chi connectivity index (χ4n) is 6.17. The van der Waals surface area contributed by atoms with Crippen LogP contribution in [-0.4, -0.2) is 72.4 Å². The molecule has 0 radical (unpaired) electrons. The maximum atomic E-state index is 13.5. The molecule has 6 rings (SSSR count). The molecule has 0 saturated carbocycles. The first-order valence-electron chi connectivity index (χ1n) is 16.4. The molecule has 17 nitrogen and oxygen atoms in total. The number of phenols is 2. The molecule has 2 aromatic carbocycles. The zero-order chi connectivity index (χ0) is 37.4. The lowest BCUT2D eigenvalue weighted by molar-refractivity contribution is 0.0975. The van der Waals surface area contributed by atoms with Gasteiger partial charge in [0.05, 0.1) is 28.8 Å². The number of hydrogen-bond donors (Lipinski definition) is 5. The lowest BCUT2D eigenvalue weighted by atomic mass is 10.1. The van der Waals surface area contributed by atoms with Crippen molar-refractivity contribution in [2.75, 3.05) is 5.32 Å². The number of phenolic OH excluding ortho intramolecular Hbond substituents is 2. The summed E-state index contributed by atoms with van der Waals surface area (Å²) in [5.74, 6) is -2.35. The van der Waals surface area contributed by atoms with Crippen LogP contribution in [0.4, 0.5) is 5.95 Å². The lowest BCUT2D eigenvalue weighted by Gasteiger charge is -2.11. The molecule has 52 heavy (non-hydrogen) atoms. The van der Waals surface area contributed by atoms with E-state index in [0.717, 1.165) is 0 Å². The molecule has 0 saturated heterocycles. The maximum absolute atomic E-state index is 13.5. The van der Waals surface area contributed by atoms with Crippen molar-refractivity contribution in [2.45, 2.75) is 60.3 Å². The van der Waals surface area contributed by atoms with E-state index in [9.17, 15) is 29.4 Å². The predicted molar refractivity (Wildman–Crippen MR) is 190 cm³/mol. The van der Waals surface area contributed by atoms with Crippen molar-refractivity contribution < 1.29 is 29.4 Å². The fourth-order valence-corrected chi connectivity index (χ4v) is 6.17. The molecule has 4 aromatic heterocycles. The van der Waals surface area contributed by atoms with E-state index < -0.39 is 17.7 Å². The monoisotopic (exact) mass is 707 g/mol. The number of allylic oxidation sites excluding steroid dienone is 2. The molecule has 17 heteroatoms. The van der Waals surface area contributed by atoms with Gasteiger partial charge < -0.3 is 30.8 Å². The minimum absolute atomic E-state index is 0.0354. The van der Waals surface area contributed by atoms with Crippen LogP contribution in [-0.2, 0) is 32.6 Å².